The second kappa shape index (κ2) is 7.03. The number of halogens is 2. The molecular weight excluding hydrogens is 342 g/mol. The third-order valence-corrected chi connectivity index (χ3v) is 4.27. The molecule has 1 saturated heterocycles. The molecule has 0 radical (unpaired) electrons. The van der Waals surface area contributed by atoms with Gasteiger partial charge in [-0.1, -0.05) is 0 Å². The number of carbonyl (C=O) groups excluding carboxylic acids is 3. The molecule has 0 unspecified atom stereocenters. The molecule has 2 aromatic rings. The Balaban J connectivity index is 1.55. The second-order valence-corrected chi connectivity index (χ2v) is 6.16. The molecule has 0 bridgehead atoms. The van der Waals surface area contributed by atoms with E-state index >= 15 is 0 Å². The highest BCUT2D eigenvalue weighted by Crippen LogP contribution is 2.21. The summed E-state index contributed by atoms with van der Waals surface area (Å²) in [6, 6.07) is 9.48. The summed E-state index contributed by atoms with van der Waals surface area (Å²) < 4.78 is 26.2. The molecular formula is C19H16F2N2O3. The monoisotopic (exact) mass is 358 g/mol. The van der Waals surface area contributed by atoms with Gasteiger partial charge in [0.1, 0.15) is 0 Å². The first-order chi connectivity index (χ1) is 12.3. The van der Waals surface area contributed by atoms with Crippen LogP contribution in [-0.4, -0.2) is 35.6 Å². The number of carbonyl (C=O) groups is 3. The molecule has 3 rings (SSSR count). The first kappa shape index (κ1) is 17.7. The van der Waals surface area contributed by atoms with E-state index in [4.69, 9.17) is 0 Å². The van der Waals surface area contributed by atoms with Gasteiger partial charge < -0.3 is 10.2 Å². The van der Waals surface area contributed by atoms with Crippen molar-refractivity contribution in [3.8, 4) is 0 Å². The van der Waals surface area contributed by atoms with Crippen LogP contribution in [0.15, 0.2) is 42.5 Å². The second-order valence-electron chi connectivity index (χ2n) is 6.16. The van der Waals surface area contributed by atoms with Crippen molar-refractivity contribution in [2.75, 3.05) is 18.4 Å². The number of hydrogen-bond acceptors (Lipinski definition) is 3. The van der Waals surface area contributed by atoms with Gasteiger partial charge in [-0.3, -0.25) is 14.4 Å². The Morgan fingerprint density at radius 1 is 0.962 bits per heavy atom. The standard InChI is InChI=1S/C19H16F2N2O3/c1-11(24)12-2-5-15(6-3-12)22-18(25)14-9-23(10-14)19(26)13-4-7-16(20)17(21)8-13/h2-8,14H,9-10H2,1H3,(H,22,25). The van der Waals surface area contributed by atoms with Gasteiger partial charge in [0.05, 0.1) is 5.92 Å². The summed E-state index contributed by atoms with van der Waals surface area (Å²) in [5.74, 6) is -3.23. The van der Waals surface area contributed by atoms with E-state index in [9.17, 15) is 23.2 Å². The zero-order chi connectivity index (χ0) is 18.8. The molecule has 0 aliphatic carbocycles. The molecule has 134 valence electrons. The van der Waals surface area contributed by atoms with Crippen LogP contribution in [-0.2, 0) is 4.79 Å². The van der Waals surface area contributed by atoms with Crippen molar-refractivity contribution in [1.82, 2.24) is 4.90 Å². The lowest BCUT2D eigenvalue weighted by Gasteiger charge is -2.38. The Morgan fingerprint density at radius 3 is 2.15 bits per heavy atom. The molecule has 0 spiro atoms. The molecule has 1 fully saturated rings. The molecule has 2 amide bonds. The normalized spacial score (nSPS) is 13.9. The molecule has 1 aliphatic rings. The van der Waals surface area contributed by atoms with E-state index in [1.165, 1.54) is 17.9 Å². The highest BCUT2D eigenvalue weighted by atomic mass is 19.2. The summed E-state index contributed by atoms with van der Waals surface area (Å²) in [7, 11) is 0. The Hall–Kier alpha value is -3.09. The smallest absolute Gasteiger partial charge is 0.254 e. The average Bonchev–Trinajstić information content (AvgIpc) is 2.56. The van der Waals surface area contributed by atoms with Crippen LogP contribution in [0.2, 0.25) is 0 Å². The number of nitrogens with one attached hydrogen (secondary N) is 1. The Kier molecular flexibility index (Phi) is 4.79. The quantitative estimate of drug-likeness (QED) is 0.855. The molecule has 1 N–H and O–H groups in total. The zero-order valence-electron chi connectivity index (χ0n) is 14.0. The van der Waals surface area contributed by atoms with E-state index in [0.29, 0.717) is 11.3 Å². The third-order valence-electron chi connectivity index (χ3n) is 4.27. The maximum absolute atomic E-state index is 13.2. The molecule has 0 aromatic heterocycles. The summed E-state index contributed by atoms with van der Waals surface area (Å²) in [6.45, 7) is 1.87. The lowest BCUT2D eigenvalue weighted by atomic mass is 9.97. The van der Waals surface area contributed by atoms with Crippen LogP contribution >= 0.6 is 0 Å². The summed E-state index contributed by atoms with van der Waals surface area (Å²) in [5, 5.41) is 2.73. The van der Waals surface area contributed by atoms with E-state index in [0.717, 1.165) is 12.1 Å². The number of hydrogen-bond donors (Lipinski definition) is 1. The zero-order valence-corrected chi connectivity index (χ0v) is 14.0. The van der Waals surface area contributed by atoms with Gasteiger partial charge in [0.25, 0.3) is 5.91 Å². The average molecular weight is 358 g/mol. The first-order valence-corrected chi connectivity index (χ1v) is 8.01. The van der Waals surface area contributed by atoms with Gasteiger partial charge in [0.2, 0.25) is 5.91 Å². The van der Waals surface area contributed by atoms with Crippen LogP contribution in [0.3, 0.4) is 0 Å². The third kappa shape index (κ3) is 3.61. The SMILES string of the molecule is CC(=O)c1ccc(NC(=O)C2CN(C(=O)c3ccc(F)c(F)c3)C2)cc1. The number of rotatable bonds is 4. The molecule has 1 aliphatic heterocycles. The van der Waals surface area contributed by atoms with Crippen molar-refractivity contribution >= 4 is 23.3 Å². The van der Waals surface area contributed by atoms with Gasteiger partial charge in [-0.2, -0.15) is 0 Å². The minimum absolute atomic E-state index is 0.0441. The number of amides is 2. The molecule has 26 heavy (non-hydrogen) atoms. The van der Waals surface area contributed by atoms with Crippen LogP contribution in [0.5, 0.6) is 0 Å². The number of benzene rings is 2. The van der Waals surface area contributed by atoms with E-state index in [1.54, 1.807) is 24.3 Å². The highest BCUT2D eigenvalue weighted by molar-refractivity contribution is 5.99. The van der Waals surface area contributed by atoms with Crippen LogP contribution in [0.4, 0.5) is 14.5 Å². The number of likely N-dealkylation sites (tertiary alicyclic amines) is 1. The number of anilines is 1. The van der Waals surface area contributed by atoms with Crippen molar-refractivity contribution < 1.29 is 23.2 Å². The lowest BCUT2D eigenvalue weighted by Crippen LogP contribution is -2.54. The van der Waals surface area contributed by atoms with E-state index in [-0.39, 0.29) is 36.3 Å². The Morgan fingerprint density at radius 2 is 1.58 bits per heavy atom. The van der Waals surface area contributed by atoms with Crippen LogP contribution in [0.25, 0.3) is 0 Å². The van der Waals surface area contributed by atoms with Gasteiger partial charge in [-0.15, -0.1) is 0 Å². The van der Waals surface area contributed by atoms with Crippen molar-refractivity contribution in [3.63, 3.8) is 0 Å². The number of nitrogens with zero attached hydrogens (tertiary/aromatic N) is 1. The lowest BCUT2D eigenvalue weighted by molar-refractivity contribution is -0.123. The van der Waals surface area contributed by atoms with Crippen molar-refractivity contribution in [1.29, 1.82) is 0 Å². The summed E-state index contributed by atoms with van der Waals surface area (Å²) in [5.41, 5.74) is 1.16. The summed E-state index contributed by atoms with van der Waals surface area (Å²) >= 11 is 0. The van der Waals surface area contributed by atoms with Crippen LogP contribution in [0, 0.1) is 17.6 Å². The Labute approximate surface area is 148 Å². The fourth-order valence-corrected chi connectivity index (χ4v) is 2.65. The first-order valence-electron chi connectivity index (χ1n) is 8.01. The predicted molar refractivity (Wildman–Crippen MR) is 90.8 cm³/mol. The molecule has 0 saturated carbocycles. The Bertz CT molecular complexity index is 875. The maximum Gasteiger partial charge on any atom is 0.254 e. The largest absolute Gasteiger partial charge is 0.337 e. The highest BCUT2D eigenvalue weighted by Gasteiger charge is 2.36. The van der Waals surface area contributed by atoms with E-state index in [1.807, 2.05) is 0 Å². The van der Waals surface area contributed by atoms with Gasteiger partial charge in [-0.25, -0.2) is 8.78 Å². The van der Waals surface area contributed by atoms with E-state index in [2.05, 4.69) is 5.32 Å². The topological polar surface area (TPSA) is 66.5 Å². The summed E-state index contributed by atoms with van der Waals surface area (Å²) in [6.07, 6.45) is 0. The minimum Gasteiger partial charge on any atom is -0.337 e. The van der Waals surface area contributed by atoms with Crippen LogP contribution < -0.4 is 5.32 Å². The fraction of sp³-hybridized carbons (Fsp3) is 0.211. The van der Waals surface area contributed by atoms with E-state index < -0.39 is 17.5 Å². The molecule has 2 aromatic carbocycles. The van der Waals surface area contributed by atoms with Gasteiger partial charge >= 0.3 is 0 Å². The number of Topliss-reactive ketones (excluding diaryl/α,β-unsaturated/α-hetero) is 1. The molecule has 0 atom stereocenters. The maximum atomic E-state index is 13.2. The molecule has 5 nitrogen and oxygen atoms in total. The van der Waals surface area contributed by atoms with Crippen molar-refractivity contribution in [2.24, 2.45) is 5.92 Å². The van der Waals surface area contributed by atoms with Gasteiger partial charge in [0.15, 0.2) is 17.4 Å². The van der Waals surface area contributed by atoms with Crippen LogP contribution in [0.1, 0.15) is 27.6 Å². The molecule has 1 heterocycles. The summed E-state index contributed by atoms with van der Waals surface area (Å²) in [4.78, 5) is 37.0. The van der Waals surface area contributed by atoms with Gasteiger partial charge in [-0.05, 0) is 49.4 Å². The van der Waals surface area contributed by atoms with Crippen molar-refractivity contribution in [2.45, 2.75) is 6.92 Å². The van der Waals surface area contributed by atoms with Crippen molar-refractivity contribution in [3.05, 3.63) is 65.2 Å². The fourth-order valence-electron chi connectivity index (χ4n) is 2.65. The van der Waals surface area contributed by atoms with Gasteiger partial charge in [0, 0.05) is 29.9 Å². The predicted octanol–water partition coefficient (Wildman–Crippen LogP) is 2.88. The molecule has 7 heteroatoms. The number of ketones is 1. The minimum atomic E-state index is -1.08.